The molecule has 3 rings (SSSR count). The highest BCUT2D eigenvalue weighted by Crippen LogP contribution is 2.20. The molecule has 0 aliphatic carbocycles. The lowest BCUT2D eigenvalue weighted by molar-refractivity contribution is -0.148. The van der Waals surface area contributed by atoms with Gasteiger partial charge in [0.2, 0.25) is 11.8 Å². The van der Waals surface area contributed by atoms with Crippen LogP contribution in [0.5, 0.6) is 0 Å². The van der Waals surface area contributed by atoms with Crippen LogP contribution in [0, 0.1) is 0 Å². The first-order valence-corrected chi connectivity index (χ1v) is 16.2. The van der Waals surface area contributed by atoms with Crippen molar-refractivity contribution in [2.24, 2.45) is 0 Å². The van der Waals surface area contributed by atoms with Gasteiger partial charge >= 0.3 is 18.0 Å². The number of amides is 3. The van der Waals surface area contributed by atoms with Gasteiger partial charge in [-0.1, -0.05) is 48.5 Å². The smallest absolute Gasteiger partial charge is 0.408 e. The summed E-state index contributed by atoms with van der Waals surface area (Å²) in [6, 6.07) is 12.8. The molecule has 12 nitrogen and oxygen atoms in total. The van der Waals surface area contributed by atoms with Crippen molar-refractivity contribution in [3.63, 3.8) is 0 Å². The number of hydrogen-bond donors (Lipinski definition) is 4. The van der Waals surface area contributed by atoms with E-state index in [2.05, 4.69) is 20.9 Å². The number of alkyl carbamates (subject to hydrolysis) is 1. The molecule has 46 heavy (non-hydrogen) atoms. The number of methoxy groups -OCH3 is 1. The fourth-order valence-electron chi connectivity index (χ4n) is 4.53. The van der Waals surface area contributed by atoms with Gasteiger partial charge in [-0.2, -0.15) is 11.8 Å². The Hall–Kier alpha value is -4.52. The highest BCUT2D eigenvalue weighted by Gasteiger charge is 2.33. The van der Waals surface area contributed by atoms with Crippen LogP contribution in [0.15, 0.2) is 60.8 Å². The number of aromatic amines is 1. The van der Waals surface area contributed by atoms with Crippen LogP contribution < -0.4 is 16.0 Å². The van der Waals surface area contributed by atoms with Crippen molar-refractivity contribution in [2.75, 3.05) is 19.1 Å². The Kier molecular flexibility index (Phi) is 13.5. The number of fused-ring (bicyclic) bond motifs is 1. The molecule has 1 heterocycles. The van der Waals surface area contributed by atoms with Gasteiger partial charge in [-0.25, -0.2) is 9.59 Å². The number of carbonyl (C=O) groups excluding carboxylic acids is 5. The molecule has 0 aliphatic heterocycles. The number of benzene rings is 2. The summed E-state index contributed by atoms with van der Waals surface area (Å²) in [4.78, 5) is 68.6. The van der Waals surface area contributed by atoms with E-state index in [1.54, 1.807) is 51.2 Å². The van der Waals surface area contributed by atoms with Crippen LogP contribution in [-0.4, -0.2) is 77.7 Å². The Bertz CT molecular complexity index is 1490. The molecule has 0 fully saturated rings. The van der Waals surface area contributed by atoms with Gasteiger partial charge in [0.15, 0.2) is 0 Å². The average Bonchev–Trinajstić information content (AvgIpc) is 3.43. The minimum absolute atomic E-state index is 0.0378. The van der Waals surface area contributed by atoms with Crippen molar-refractivity contribution in [1.82, 2.24) is 20.9 Å². The summed E-state index contributed by atoms with van der Waals surface area (Å²) >= 11 is 1.46. The molecule has 3 amide bonds. The van der Waals surface area contributed by atoms with Gasteiger partial charge < -0.3 is 35.1 Å². The lowest BCUT2D eigenvalue weighted by Gasteiger charge is -2.26. The summed E-state index contributed by atoms with van der Waals surface area (Å²) in [5, 5.41) is 8.65. The zero-order valence-electron chi connectivity index (χ0n) is 26.7. The van der Waals surface area contributed by atoms with Crippen LogP contribution >= 0.6 is 11.8 Å². The predicted molar refractivity (Wildman–Crippen MR) is 175 cm³/mol. The zero-order chi connectivity index (χ0) is 33.7. The number of para-hydroxylation sites is 1. The maximum Gasteiger partial charge on any atom is 0.408 e. The predicted octanol–water partition coefficient (Wildman–Crippen LogP) is 3.63. The second kappa shape index (κ2) is 17.2. The van der Waals surface area contributed by atoms with E-state index in [9.17, 15) is 24.0 Å². The lowest BCUT2D eigenvalue weighted by Crippen LogP contribution is -2.57. The van der Waals surface area contributed by atoms with Crippen molar-refractivity contribution in [2.45, 2.75) is 70.4 Å². The van der Waals surface area contributed by atoms with Crippen LogP contribution in [0.2, 0.25) is 0 Å². The summed E-state index contributed by atoms with van der Waals surface area (Å²) in [5.74, 6) is -2.46. The molecule has 0 bridgehead atoms. The van der Waals surface area contributed by atoms with Crippen molar-refractivity contribution >= 4 is 52.5 Å². The molecule has 13 heteroatoms. The molecule has 0 unspecified atom stereocenters. The third-order valence-electron chi connectivity index (χ3n) is 6.77. The van der Waals surface area contributed by atoms with Gasteiger partial charge in [-0.3, -0.25) is 14.4 Å². The van der Waals surface area contributed by atoms with Gasteiger partial charge in [0.1, 0.15) is 30.3 Å². The standard InChI is InChI=1S/C33H42N4O8S/c1-33(2,3)45-32(42)37-25(15-16-46-5)29(39)35-26(18-28(38)44-20-21-11-7-6-8-12-21)30(40)36-27(31(41)43-4)17-22-19-34-24-14-10-9-13-23(22)24/h6-14,19,25-27,34H,15-18,20H2,1-5H3,(H,35,39)(H,36,40)(H,37,42)/t25-,26-,27-/m0/s1. The monoisotopic (exact) mass is 654 g/mol. The van der Waals surface area contributed by atoms with Gasteiger partial charge in [0, 0.05) is 23.5 Å². The summed E-state index contributed by atoms with van der Waals surface area (Å²) in [7, 11) is 1.20. The van der Waals surface area contributed by atoms with Crippen molar-refractivity contribution < 1.29 is 38.2 Å². The maximum atomic E-state index is 13.7. The minimum Gasteiger partial charge on any atom is -0.467 e. The van der Waals surface area contributed by atoms with Gasteiger partial charge in [-0.05, 0) is 56.4 Å². The number of aromatic nitrogens is 1. The van der Waals surface area contributed by atoms with Crippen molar-refractivity contribution in [3.05, 3.63) is 71.9 Å². The van der Waals surface area contributed by atoms with E-state index in [1.165, 1.54) is 18.9 Å². The molecule has 0 saturated heterocycles. The number of H-pyrrole nitrogens is 1. The molecule has 1 aromatic heterocycles. The topological polar surface area (TPSA) is 165 Å². The number of ether oxygens (including phenoxy) is 3. The number of nitrogens with one attached hydrogen (secondary N) is 4. The number of carbonyl (C=O) groups is 5. The van der Waals surface area contributed by atoms with Crippen LogP contribution in [0.4, 0.5) is 4.79 Å². The molecular formula is C33H42N4O8S. The fraction of sp³-hybridized carbons (Fsp3) is 0.424. The second-order valence-electron chi connectivity index (χ2n) is 11.5. The number of hydrogen-bond acceptors (Lipinski definition) is 9. The van der Waals surface area contributed by atoms with Gasteiger partial charge in [0.05, 0.1) is 13.5 Å². The van der Waals surface area contributed by atoms with E-state index >= 15 is 0 Å². The third-order valence-corrected chi connectivity index (χ3v) is 7.41. The molecule has 3 atom stereocenters. The van der Waals surface area contributed by atoms with E-state index in [0.29, 0.717) is 5.75 Å². The summed E-state index contributed by atoms with van der Waals surface area (Å²) in [6.45, 7) is 5.04. The first-order chi connectivity index (χ1) is 21.9. The molecule has 3 aromatic rings. The largest absolute Gasteiger partial charge is 0.467 e. The molecule has 4 N–H and O–H groups in total. The Balaban J connectivity index is 1.81. The maximum absolute atomic E-state index is 13.7. The van der Waals surface area contributed by atoms with Gasteiger partial charge in [-0.15, -0.1) is 0 Å². The average molecular weight is 655 g/mol. The van der Waals surface area contributed by atoms with Crippen LogP contribution in [0.25, 0.3) is 10.9 Å². The lowest BCUT2D eigenvalue weighted by atomic mass is 10.0. The third kappa shape index (κ3) is 11.4. The Morgan fingerprint density at radius 2 is 1.52 bits per heavy atom. The molecule has 2 aromatic carbocycles. The molecule has 248 valence electrons. The van der Waals surface area contributed by atoms with Crippen LogP contribution in [-0.2, 0) is 46.4 Å². The van der Waals surface area contributed by atoms with Gasteiger partial charge in [0.25, 0.3) is 0 Å². The zero-order valence-corrected chi connectivity index (χ0v) is 27.5. The van der Waals surface area contributed by atoms with E-state index in [0.717, 1.165) is 22.0 Å². The Morgan fingerprint density at radius 1 is 0.870 bits per heavy atom. The molecule has 0 spiro atoms. The number of thioether (sulfide) groups is 1. The van der Waals surface area contributed by atoms with Crippen molar-refractivity contribution in [3.8, 4) is 0 Å². The Labute approximate surface area is 272 Å². The van der Waals surface area contributed by atoms with E-state index in [1.807, 2.05) is 36.6 Å². The Morgan fingerprint density at radius 3 is 2.20 bits per heavy atom. The quantitative estimate of drug-likeness (QED) is 0.141. The SMILES string of the molecule is COC(=O)[C@H](Cc1c[nH]c2ccccc12)NC(=O)[C@H](CC(=O)OCc1ccccc1)NC(=O)[C@H](CCSC)NC(=O)OC(C)(C)C. The molecule has 0 saturated carbocycles. The highest BCUT2D eigenvalue weighted by molar-refractivity contribution is 7.98. The van der Waals surface area contributed by atoms with Crippen LogP contribution in [0.3, 0.4) is 0 Å². The first kappa shape index (κ1) is 36.0. The molecular weight excluding hydrogens is 612 g/mol. The molecule has 0 radical (unpaired) electrons. The van der Waals surface area contributed by atoms with E-state index in [4.69, 9.17) is 14.2 Å². The summed E-state index contributed by atoms with van der Waals surface area (Å²) in [5.41, 5.74) is 1.55. The van der Waals surface area contributed by atoms with E-state index in [-0.39, 0.29) is 19.4 Å². The highest BCUT2D eigenvalue weighted by atomic mass is 32.2. The van der Waals surface area contributed by atoms with Crippen molar-refractivity contribution in [1.29, 1.82) is 0 Å². The number of esters is 2. The summed E-state index contributed by atoms with van der Waals surface area (Å²) in [6.07, 6.45) is 2.56. The molecule has 0 aliphatic rings. The summed E-state index contributed by atoms with van der Waals surface area (Å²) < 4.78 is 15.7. The number of rotatable bonds is 15. The minimum atomic E-state index is -1.44. The van der Waals surface area contributed by atoms with Crippen LogP contribution in [0.1, 0.15) is 44.7 Å². The normalized spacial score (nSPS) is 13.2. The van der Waals surface area contributed by atoms with E-state index < -0.39 is 60.0 Å². The second-order valence-corrected chi connectivity index (χ2v) is 12.5. The first-order valence-electron chi connectivity index (χ1n) is 14.8. The fourth-order valence-corrected chi connectivity index (χ4v) is 5.00.